The van der Waals surface area contributed by atoms with Crippen LogP contribution in [-0.4, -0.2) is 62.0 Å². The summed E-state index contributed by atoms with van der Waals surface area (Å²) < 4.78 is 6.42. The number of hydroxylamine groups is 1. The van der Waals surface area contributed by atoms with Gasteiger partial charge in [-0.1, -0.05) is 25.0 Å². The molecule has 1 N–H and O–H groups in total. The molecule has 0 aromatic rings. The highest BCUT2D eigenvalue weighted by atomic mass is 16.7. The van der Waals surface area contributed by atoms with E-state index in [1.807, 2.05) is 0 Å². The van der Waals surface area contributed by atoms with Crippen LogP contribution in [0.15, 0.2) is 23.4 Å². The molecule has 3 atom stereocenters. The first-order chi connectivity index (χ1) is 12.7. The van der Waals surface area contributed by atoms with Gasteiger partial charge in [0.15, 0.2) is 0 Å². The fourth-order valence-electron chi connectivity index (χ4n) is 4.07. The second kappa shape index (κ2) is 9.88. The Bertz CT molecular complexity index is 499. The number of nitrogens with one attached hydrogen (secondary N) is 1. The first kappa shape index (κ1) is 19.9. The molecule has 0 bridgehead atoms. The van der Waals surface area contributed by atoms with Crippen molar-refractivity contribution in [1.82, 2.24) is 15.3 Å². The Balaban J connectivity index is 1.55. The molecule has 5 nitrogen and oxygen atoms in total. The number of nitrogens with zero attached hydrogens (tertiary/aromatic N) is 2. The second-order valence-corrected chi connectivity index (χ2v) is 8.17. The van der Waals surface area contributed by atoms with Crippen molar-refractivity contribution in [2.75, 3.05) is 39.8 Å². The van der Waals surface area contributed by atoms with Crippen LogP contribution in [0.25, 0.3) is 0 Å². The van der Waals surface area contributed by atoms with Crippen molar-refractivity contribution in [2.45, 2.75) is 64.7 Å². The quantitative estimate of drug-likeness (QED) is 0.811. The maximum atomic E-state index is 6.42. The largest absolute Gasteiger partial charge is 0.378 e. The van der Waals surface area contributed by atoms with E-state index in [1.165, 1.54) is 43.6 Å². The van der Waals surface area contributed by atoms with Gasteiger partial charge in [-0.25, -0.2) is 0 Å². The molecule has 148 valence electrons. The Labute approximate surface area is 159 Å². The molecule has 0 radical (unpaired) electrons. The minimum atomic E-state index is 0.00638. The monoisotopic (exact) mass is 363 g/mol. The molecular formula is C21H37N3O2. The van der Waals surface area contributed by atoms with Crippen LogP contribution < -0.4 is 5.48 Å². The van der Waals surface area contributed by atoms with E-state index in [0.29, 0.717) is 12.5 Å². The van der Waals surface area contributed by atoms with Crippen molar-refractivity contribution in [3.8, 4) is 0 Å². The fourth-order valence-corrected chi connectivity index (χ4v) is 4.07. The van der Waals surface area contributed by atoms with E-state index >= 15 is 0 Å². The van der Waals surface area contributed by atoms with E-state index in [2.05, 4.69) is 48.3 Å². The maximum absolute atomic E-state index is 6.42. The molecule has 0 saturated carbocycles. The number of rotatable bonds is 5. The van der Waals surface area contributed by atoms with Crippen molar-refractivity contribution in [3.05, 3.63) is 23.4 Å². The highest BCUT2D eigenvalue weighted by Gasteiger charge is 2.33. The molecule has 0 aromatic heterocycles. The number of allylic oxidation sites excluding steroid dienone is 4. The van der Waals surface area contributed by atoms with Crippen LogP contribution in [0.1, 0.15) is 52.4 Å². The van der Waals surface area contributed by atoms with E-state index in [4.69, 9.17) is 9.57 Å². The molecule has 26 heavy (non-hydrogen) atoms. The molecule has 3 aliphatic heterocycles. The zero-order valence-electron chi connectivity index (χ0n) is 16.9. The number of likely N-dealkylation sites (tertiary alicyclic amines) is 2. The number of hydrogen-bond acceptors (Lipinski definition) is 5. The first-order valence-corrected chi connectivity index (χ1v) is 10.5. The molecule has 5 heteroatoms. The van der Waals surface area contributed by atoms with Crippen molar-refractivity contribution in [1.29, 1.82) is 0 Å². The van der Waals surface area contributed by atoms with Crippen molar-refractivity contribution in [2.24, 2.45) is 5.92 Å². The smallest absolute Gasteiger partial charge is 0.134 e. The summed E-state index contributed by atoms with van der Waals surface area (Å²) in [5, 5.41) is 0. The fraction of sp³-hybridized carbons (Fsp3) is 0.810. The molecule has 0 spiro atoms. The first-order valence-electron chi connectivity index (χ1n) is 10.5. The molecule has 0 amide bonds. The lowest BCUT2D eigenvalue weighted by molar-refractivity contribution is -0.219. The summed E-state index contributed by atoms with van der Waals surface area (Å²) in [5.41, 5.74) is 5.99. The summed E-state index contributed by atoms with van der Waals surface area (Å²) in [7, 11) is 2.20. The van der Waals surface area contributed by atoms with Gasteiger partial charge < -0.3 is 14.5 Å². The Morgan fingerprint density at radius 3 is 2.81 bits per heavy atom. The highest BCUT2D eigenvalue weighted by molar-refractivity contribution is 5.17. The third-order valence-electron chi connectivity index (χ3n) is 6.06. The molecule has 3 unspecified atom stereocenters. The Morgan fingerprint density at radius 1 is 1.23 bits per heavy atom. The van der Waals surface area contributed by atoms with Gasteiger partial charge in [0.2, 0.25) is 0 Å². The van der Waals surface area contributed by atoms with E-state index in [-0.39, 0.29) is 12.3 Å². The van der Waals surface area contributed by atoms with Crippen LogP contribution in [0.2, 0.25) is 0 Å². The minimum absolute atomic E-state index is 0.00638. The SMILES string of the molecule is CCC(C)=C/C=C1/CC(C2NOCC(CN3CCCCC3)O2)CCN1C. The predicted molar refractivity (Wildman–Crippen MR) is 106 cm³/mol. The van der Waals surface area contributed by atoms with Crippen LogP contribution in [0.3, 0.4) is 0 Å². The second-order valence-electron chi connectivity index (χ2n) is 8.17. The Kier molecular flexibility index (Phi) is 7.55. The van der Waals surface area contributed by atoms with Crippen LogP contribution in [0.4, 0.5) is 0 Å². The van der Waals surface area contributed by atoms with Crippen LogP contribution in [-0.2, 0) is 9.57 Å². The maximum Gasteiger partial charge on any atom is 0.134 e. The van der Waals surface area contributed by atoms with Crippen LogP contribution in [0, 0.1) is 5.92 Å². The highest BCUT2D eigenvalue weighted by Crippen LogP contribution is 2.29. The zero-order valence-corrected chi connectivity index (χ0v) is 16.9. The summed E-state index contributed by atoms with van der Waals surface area (Å²) >= 11 is 0. The molecule has 3 heterocycles. The summed E-state index contributed by atoms with van der Waals surface area (Å²) in [5.74, 6) is 0.469. The molecule has 0 aromatic carbocycles. The summed E-state index contributed by atoms with van der Waals surface area (Å²) in [6.07, 6.45) is 12.1. The summed E-state index contributed by atoms with van der Waals surface area (Å²) in [6, 6.07) is 0. The number of piperidine rings is 2. The van der Waals surface area contributed by atoms with Gasteiger partial charge in [0.25, 0.3) is 0 Å². The number of hydrogen-bond donors (Lipinski definition) is 1. The molecule has 3 rings (SSSR count). The zero-order chi connectivity index (χ0) is 18.4. The van der Waals surface area contributed by atoms with Gasteiger partial charge in [-0.2, -0.15) is 5.48 Å². The van der Waals surface area contributed by atoms with Gasteiger partial charge in [-0.05, 0) is 58.2 Å². The Morgan fingerprint density at radius 2 is 2.04 bits per heavy atom. The molecule has 3 aliphatic rings. The van der Waals surface area contributed by atoms with Gasteiger partial charge >= 0.3 is 0 Å². The summed E-state index contributed by atoms with van der Waals surface area (Å²) in [6.45, 7) is 9.56. The van der Waals surface area contributed by atoms with Crippen molar-refractivity contribution >= 4 is 0 Å². The van der Waals surface area contributed by atoms with Crippen molar-refractivity contribution < 1.29 is 9.57 Å². The molecule has 3 fully saturated rings. The van der Waals surface area contributed by atoms with E-state index in [1.54, 1.807) is 0 Å². The lowest BCUT2D eigenvalue weighted by Crippen LogP contribution is -2.53. The van der Waals surface area contributed by atoms with Crippen molar-refractivity contribution in [3.63, 3.8) is 0 Å². The third kappa shape index (κ3) is 5.56. The lowest BCUT2D eigenvalue weighted by atomic mass is 9.92. The van der Waals surface area contributed by atoms with E-state index in [0.717, 1.165) is 32.4 Å². The number of ether oxygens (including phenoxy) is 1. The van der Waals surface area contributed by atoms with E-state index in [9.17, 15) is 0 Å². The Hall–Kier alpha value is -0.880. The average molecular weight is 364 g/mol. The van der Waals surface area contributed by atoms with Gasteiger partial charge in [-0.15, -0.1) is 0 Å². The van der Waals surface area contributed by atoms with Gasteiger partial charge in [0.05, 0.1) is 12.7 Å². The van der Waals surface area contributed by atoms with Crippen LogP contribution in [0.5, 0.6) is 0 Å². The molecule has 3 saturated heterocycles. The lowest BCUT2D eigenvalue weighted by Gasteiger charge is -2.41. The van der Waals surface area contributed by atoms with Crippen LogP contribution >= 0.6 is 0 Å². The standard InChI is InChI=1S/C21H37N3O2/c1-4-17(2)8-9-19-14-18(10-13-23(19)3)21-22-25-16-20(26-21)15-24-11-6-5-7-12-24/h8-9,18,20-22H,4-7,10-16H2,1-3H3/b17-8?,19-9-. The molecule has 0 aliphatic carbocycles. The molecular weight excluding hydrogens is 326 g/mol. The van der Waals surface area contributed by atoms with E-state index < -0.39 is 0 Å². The normalized spacial score (nSPS) is 33.7. The van der Waals surface area contributed by atoms with Gasteiger partial charge in [-0.3, -0.25) is 4.84 Å². The van der Waals surface area contributed by atoms with Gasteiger partial charge in [0.1, 0.15) is 6.23 Å². The predicted octanol–water partition coefficient (Wildman–Crippen LogP) is 3.30. The average Bonchev–Trinajstić information content (AvgIpc) is 2.68. The summed E-state index contributed by atoms with van der Waals surface area (Å²) in [4.78, 5) is 10.6. The minimum Gasteiger partial charge on any atom is -0.378 e. The topological polar surface area (TPSA) is 37.0 Å². The third-order valence-corrected chi connectivity index (χ3v) is 6.06. The van der Waals surface area contributed by atoms with Gasteiger partial charge in [0, 0.05) is 31.8 Å².